The van der Waals surface area contributed by atoms with E-state index in [-0.39, 0.29) is 12.1 Å². The lowest BCUT2D eigenvalue weighted by Crippen LogP contribution is -2.48. The molecule has 1 heterocycles. The minimum atomic E-state index is -3.51. The lowest BCUT2D eigenvalue weighted by molar-refractivity contribution is 0.169. The van der Waals surface area contributed by atoms with Gasteiger partial charge in [-0.05, 0) is 62.4 Å². The van der Waals surface area contributed by atoms with Gasteiger partial charge in [-0.1, -0.05) is 62.8 Å². The van der Waals surface area contributed by atoms with Gasteiger partial charge >= 0.3 is 0 Å². The number of imidazole rings is 1. The number of aromatic nitrogens is 2. The second-order valence-electron chi connectivity index (χ2n) is 9.80. The Bertz CT molecular complexity index is 1170. The van der Waals surface area contributed by atoms with Crippen LogP contribution in [0.5, 0.6) is 0 Å². The summed E-state index contributed by atoms with van der Waals surface area (Å²) in [7, 11) is -3.51. The standard InChI is InChI=1S/C27H35N3O2S/c1-21-28-26-14-8-9-15-27(26)29(21)20-22-16-18-25(19-17-22)33(31,32)30(23-10-4-2-5-11-23)24-12-6-3-7-13-24/h8-9,14-19,23-24H,2-7,10-13,20H2,1H3. The molecule has 2 saturated carbocycles. The summed E-state index contributed by atoms with van der Waals surface area (Å²) in [4.78, 5) is 5.09. The minimum absolute atomic E-state index is 0.159. The van der Waals surface area contributed by atoms with E-state index in [1.54, 1.807) is 0 Å². The van der Waals surface area contributed by atoms with E-state index in [4.69, 9.17) is 0 Å². The number of para-hydroxylation sites is 2. The molecule has 0 bridgehead atoms. The van der Waals surface area contributed by atoms with Crippen LogP contribution < -0.4 is 0 Å². The molecule has 2 aliphatic rings. The molecule has 0 aliphatic heterocycles. The highest BCUT2D eigenvalue weighted by atomic mass is 32.2. The van der Waals surface area contributed by atoms with Crippen molar-refractivity contribution in [3.8, 4) is 0 Å². The van der Waals surface area contributed by atoms with Crippen molar-refractivity contribution in [2.45, 2.75) is 94.7 Å². The molecule has 5 nitrogen and oxygen atoms in total. The summed E-state index contributed by atoms with van der Waals surface area (Å²) < 4.78 is 31.9. The van der Waals surface area contributed by atoms with Crippen molar-refractivity contribution in [3.05, 3.63) is 59.9 Å². The van der Waals surface area contributed by atoms with Crippen LogP contribution in [0.3, 0.4) is 0 Å². The molecule has 33 heavy (non-hydrogen) atoms. The van der Waals surface area contributed by atoms with E-state index in [1.807, 2.05) is 53.7 Å². The van der Waals surface area contributed by atoms with Crippen molar-refractivity contribution in [3.63, 3.8) is 0 Å². The van der Waals surface area contributed by atoms with Gasteiger partial charge in [0.15, 0.2) is 0 Å². The van der Waals surface area contributed by atoms with Gasteiger partial charge in [0.05, 0.1) is 15.9 Å². The third kappa shape index (κ3) is 4.60. The van der Waals surface area contributed by atoms with Gasteiger partial charge in [-0.2, -0.15) is 4.31 Å². The Morgan fingerprint density at radius 1 is 0.848 bits per heavy atom. The van der Waals surface area contributed by atoms with E-state index < -0.39 is 10.0 Å². The molecule has 3 aromatic rings. The molecule has 2 fully saturated rings. The Kier molecular flexibility index (Phi) is 6.57. The van der Waals surface area contributed by atoms with Crippen molar-refractivity contribution >= 4 is 21.1 Å². The summed E-state index contributed by atoms with van der Waals surface area (Å²) in [5.74, 6) is 0.966. The maximum absolute atomic E-state index is 13.9. The molecule has 0 spiro atoms. The fourth-order valence-electron chi connectivity index (χ4n) is 5.83. The van der Waals surface area contributed by atoms with Gasteiger partial charge in [0, 0.05) is 18.6 Å². The van der Waals surface area contributed by atoms with Crippen LogP contribution in [0, 0.1) is 6.92 Å². The predicted octanol–water partition coefficient (Wildman–Crippen LogP) is 6.05. The van der Waals surface area contributed by atoms with Crippen molar-refractivity contribution in [1.82, 2.24) is 13.9 Å². The monoisotopic (exact) mass is 465 g/mol. The van der Waals surface area contributed by atoms with Crippen LogP contribution in [0.2, 0.25) is 0 Å². The number of benzene rings is 2. The fourth-order valence-corrected chi connectivity index (χ4v) is 7.76. The molecule has 2 aromatic carbocycles. The molecular weight excluding hydrogens is 430 g/mol. The van der Waals surface area contributed by atoms with E-state index in [0.717, 1.165) is 73.8 Å². The Morgan fingerprint density at radius 2 is 1.42 bits per heavy atom. The maximum atomic E-state index is 13.9. The molecule has 5 rings (SSSR count). The third-order valence-corrected chi connectivity index (χ3v) is 9.57. The molecule has 0 saturated heterocycles. The van der Waals surface area contributed by atoms with Crippen LogP contribution in [-0.2, 0) is 16.6 Å². The second kappa shape index (κ2) is 9.59. The van der Waals surface area contributed by atoms with Gasteiger partial charge in [-0.3, -0.25) is 0 Å². The molecule has 0 radical (unpaired) electrons. The zero-order chi connectivity index (χ0) is 22.8. The SMILES string of the molecule is Cc1nc2ccccc2n1Cc1ccc(S(=O)(=O)N(C2CCCCC2)C2CCCCC2)cc1. The minimum Gasteiger partial charge on any atom is -0.324 e. The fraction of sp³-hybridized carbons (Fsp3) is 0.519. The van der Waals surface area contributed by atoms with Gasteiger partial charge < -0.3 is 4.57 Å². The van der Waals surface area contributed by atoms with Crippen LogP contribution in [0.4, 0.5) is 0 Å². The molecule has 6 heteroatoms. The van der Waals surface area contributed by atoms with E-state index in [0.29, 0.717) is 11.4 Å². The number of fused-ring (bicyclic) bond motifs is 1. The number of hydrogen-bond acceptors (Lipinski definition) is 3. The summed E-state index contributed by atoms with van der Waals surface area (Å²) >= 11 is 0. The number of rotatable bonds is 6. The normalized spacial score (nSPS) is 18.8. The summed E-state index contributed by atoms with van der Waals surface area (Å²) in [6.45, 7) is 2.70. The highest BCUT2D eigenvalue weighted by molar-refractivity contribution is 7.89. The molecule has 1 aromatic heterocycles. The van der Waals surface area contributed by atoms with E-state index in [9.17, 15) is 8.42 Å². The van der Waals surface area contributed by atoms with Gasteiger partial charge in [-0.25, -0.2) is 13.4 Å². The maximum Gasteiger partial charge on any atom is 0.243 e. The molecule has 176 valence electrons. The Hall–Kier alpha value is -2.18. The number of nitrogens with zero attached hydrogens (tertiary/aromatic N) is 3. The Labute approximate surface area is 197 Å². The second-order valence-corrected chi connectivity index (χ2v) is 11.6. The largest absolute Gasteiger partial charge is 0.324 e. The van der Waals surface area contributed by atoms with Crippen LogP contribution in [-0.4, -0.2) is 34.4 Å². The van der Waals surface area contributed by atoms with Crippen molar-refractivity contribution in [2.24, 2.45) is 0 Å². The highest BCUT2D eigenvalue weighted by Gasteiger charge is 2.38. The number of sulfonamides is 1. The first kappa shape index (κ1) is 22.6. The lowest BCUT2D eigenvalue weighted by atomic mass is 9.91. The average molecular weight is 466 g/mol. The van der Waals surface area contributed by atoms with Crippen LogP contribution in [0.1, 0.15) is 75.6 Å². The quantitative estimate of drug-likeness (QED) is 0.445. The van der Waals surface area contributed by atoms with Crippen molar-refractivity contribution < 1.29 is 8.42 Å². The van der Waals surface area contributed by atoms with E-state index in [2.05, 4.69) is 15.6 Å². The first-order chi connectivity index (χ1) is 16.0. The van der Waals surface area contributed by atoms with Crippen molar-refractivity contribution in [1.29, 1.82) is 0 Å². The Balaban J connectivity index is 1.41. The van der Waals surface area contributed by atoms with Gasteiger partial charge in [0.2, 0.25) is 10.0 Å². The molecule has 0 unspecified atom stereocenters. The van der Waals surface area contributed by atoms with E-state index >= 15 is 0 Å². The average Bonchev–Trinajstić information content (AvgIpc) is 3.16. The van der Waals surface area contributed by atoms with Crippen LogP contribution in [0.15, 0.2) is 53.4 Å². The lowest BCUT2D eigenvalue weighted by Gasteiger charge is -2.40. The summed E-state index contributed by atoms with van der Waals surface area (Å²) in [5, 5.41) is 0. The molecular formula is C27H35N3O2S. The van der Waals surface area contributed by atoms with Gasteiger partial charge in [0.1, 0.15) is 5.82 Å². The Morgan fingerprint density at radius 3 is 2.03 bits per heavy atom. The molecule has 0 amide bonds. The van der Waals surface area contributed by atoms with E-state index in [1.165, 1.54) is 12.8 Å². The molecule has 2 aliphatic carbocycles. The zero-order valence-electron chi connectivity index (χ0n) is 19.6. The topological polar surface area (TPSA) is 55.2 Å². The molecule has 0 N–H and O–H groups in total. The summed E-state index contributed by atoms with van der Waals surface area (Å²) in [5.41, 5.74) is 3.18. The highest BCUT2D eigenvalue weighted by Crippen LogP contribution is 2.34. The van der Waals surface area contributed by atoms with Gasteiger partial charge in [-0.15, -0.1) is 0 Å². The predicted molar refractivity (Wildman–Crippen MR) is 133 cm³/mol. The zero-order valence-corrected chi connectivity index (χ0v) is 20.4. The first-order valence-corrected chi connectivity index (χ1v) is 14.0. The van der Waals surface area contributed by atoms with Crippen LogP contribution >= 0.6 is 0 Å². The van der Waals surface area contributed by atoms with Crippen molar-refractivity contribution in [2.75, 3.05) is 0 Å². The number of aryl methyl sites for hydroxylation is 1. The summed E-state index contributed by atoms with van der Waals surface area (Å²) in [6, 6.07) is 16.0. The molecule has 0 atom stereocenters. The van der Waals surface area contributed by atoms with Crippen LogP contribution in [0.25, 0.3) is 11.0 Å². The first-order valence-electron chi connectivity index (χ1n) is 12.6. The smallest absolute Gasteiger partial charge is 0.243 e. The summed E-state index contributed by atoms with van der Waals surface area (Å²) in [6.07, 6.45) is 11.0. The van der Waals surface area contributed by atoms with Gasteiger partial charge in [0.25, 0.3) is 0 Å². The third-order valence-electron chi connectivity index (χ3n) is 7.55. The number of hydrogen-bond donors (Lipinski definition) is 0.